The predicted octanol–water partition coefficient (Wildman–Crippen LogP) is 2.65. The van der Waals surface area contributed by atoms with Gasteiger partial charge in [-0.2, -0.15) is 0 Å². The topological polar surface area (TPSA) is 44.5 Å². The lowest BCUT2D eigenvalue weighted by Crippen LogP contribution is -2.34. The number of hydrogen-bond acceptors (Lipinski definition) is 3. The summed E-state index contributed by atoms with van der Waals surface area (Å²) in [5.41, 5.74) is 7.23. The summed E-state index contributed by atoms with van der Waals surface area (Å²) in [5.74, 6) is 0.908. The molecule has 3 nitrogen and oxygen atoms in total. The smallest absolute Gasteiger partial charge is 0.119 e. The van der Waals surface area contributed by atoms with Crippen LogP contribution in [-0.2, 0) is 4.74 Å². The Balaban J connectivity index is 2.08. The Labute approximate surface area is 103 Å². The van der Waals surface area contributed by atoms with Crippen molar-refractivity contribution in [3.05, 3.63) is 29.8 Å². The standard InChI is InChI=1S/C14H21NO2/c1-2-8-16-12-6-3-5-11(10-12)14-13(15)7-4-9-17-14/h3,5-6,10,13-14H,2,4,7-9,15H2,1H3. The van der Waals surface area contributed by atoms with Crippen LogP contribution >= 0.6 is 0 Å². The van der Waals surface area contributed by atoms with Crippen molar-refractivity contribution in [2.75, 3.05) is 13.2 Å². The van der Waals surface area contributed by atoms with E-state index in [4.69, 9.17) is 15.2 Å². The van der Waals surface area contributed by atoms with E-state index in [9.17, 15) is 0 Å². The highest BCUT2D eigenvalue weighted by Crippen LogP contribution is 2.29. The number of benzene rings is 1. The molecule has 3 heteroatoms. The van der Waals surface area contributed by atoms with Gasteiger partial charge in [0.05, 0.1) is 12.7 Å². The Hall–Kier alpha value is -1.06. The lowest BCUT2D eigenvalue weighted by atomic mass is 9.97. The first-order valence-electron chi connectivity index (χ1n) is 6.41. The molecule has 0 amide bonds. The average Bonchev–Trinajstić information content (AvgIpc) is 2.37. The Morgan fingerprint density at radius 3 is 3.12 bits per heavy atom. The maximum Gasteiger partial charge on any atom is 0.119 e. The molecule has 2 rings (SSSR count). The quantitative estimate of drug-likeness (QED) is 0.872. The summed E-state index contributed by atoms with van der Waals surface area (Å²) < 4.78 is 11.4. The minimum atomic E-state index is 0.0222. The Morgan fingerprint density at radius 2 is 2.35 bits per heavy atom. The molecule has 0 aromatic heterocycles. The summed E-state index contributed by atoms with van der Waals surface area (Å²) in [5, 5.41) is 0. The first-order valence-corrected chi connectivity index (χ1v) is 6.41. The van der Waals surface area contributed by atoms with Gasteiger partial charge in [0.1, 0.15) is 5.75 Å². The van der Waals surface area contributed by atoms with E-state index in [1.54, 1.807) is 0 Å². The van der Waals surface area contributed by atoms with Crippen molar-refractivity contribution in [2.24, 2.45) is 5.73 Å². The maximum atomic E-state index is 6.10. The van der Waals surface area contributed by atoms with Crippen molar-refractivity contribution in [3.63, 3.8) is 0 Å². The van der Waals surface area contributed by atoms with Crippen LogP contribution in [0, 0.1) is 0 Å². The van der Waals surface area contributed by atoms with Gasteiger partial charge in [-0.25, -0.2) is 0 Å². The zero-order valence-corrected chi connectivity index (χ0v) is 10.4. The molecule has 1 saturated heterocycles. The molecule has 0 aliphatic carbocycles. The zero-order valence-electron chi connectivity index (χ0n) is 10.4. The van der Waals surface area contributed by atoms with E-state index in [1.165, 1.54) is 0 Å². The van der Waals surface area contributed by atoms with Crippen LogP contribution in [0.25, 0.3) is 0 Å². The number of ether oxygens (including phenoxy) is 2. The van der Waals surface area contributed by atoms with Crippen LogP contribution in [0.1, 0.15) is 37.9 Å². The van der Waals surface area contributed by atoms with Crippen LogP contribution in [0.15, 0.2) is 24.3 Å². The van der Waals surface area contributed by atoms with E-state index in [0.29, 0.717) is 0 Å². The van der Waals surface area contributed by atoms with Crippen LogP contribution in [0.3, 0.4) is 0 Å². The summed E-state index contributed by atoms with van der Waals surface area (Å²) in [6, 6.07) is 8.20. The molecule has 2 unspecified atom stereocenters. The highest BCUT2D eigenvalue weighted by Gasteiger charge is 2.24. The van der Waals surface area contributed by atoms with E-state index < -0.39 is 0 Å². The van der Waals surface area contributed by atoms with E-state index in [1.807, 2.05) is 18.2 Å². The van der Waals surface area contributed by atoms with Crippen molar-refractivity contribution < 1.29 is 9.47 Å². The molecule has 1 aromatic carbocycles. The molecule has 1 aromatic rings. The second-order valence-electron chi connectivity index (χ2n) is 4.52. The summed E-state index contributed by atoms with van der Waals surface area (Å²) >= 11 is 0. The third-order valence-corrected chi connectivity index (χ3v) is 3.03. The summed E-state index contributed by atoms with van der Waals surface area (Å²) in [4.78, 5) is 0. The molecule has 1 fully saturated rings. The van der Waals surface area contributed by atoms with Gasteiger partial charge in [-0.1, -0.05) is 19.1 Å². The van der Waals surface area contributed by atoms with Gasteiger partial charge in [0.2, 0.25) is 0 Å². The molecule has 0 bridgehead atoms. The molecule has 1 heterocycles. The zero-order chi connectivity index (χ0) is 12.1. The SMILES string of the molecule is CCCOc1cccc(C2OCCCC2N)c1. The molecule has 94 valence electrons. The van der Waals surface area contributed by atoms with Gasteiger partial charge in [-0.15, -0.1) is 0 Å². The van der Waals surface area contributed by atoms with Crippen molar-refractivity contribution >= 4 is 0 Å². The molecule has 2 atom stereocenters. The van der Waals surface area contributed by atoms with Crippen molar-refractivity contribution in [2.45, 2.75) is 38.3 Å². The van der Waals surface area contributed by atoms with Crippen LogP contribution in [0.2, 0.25) is 0 Å². The number of hydrogen-bond donors (Lipinski definition) is 1. The predicted molar refractivity (Wildman–Crippen MR) is 68.1 cm³/mol. The van der Waals surface area contributed by atoms with E-state index >= 15 is 0 Å². The van der Waals surface area contributed by atoms with Crippen LogP contribution in [-0.4, -0.2) is 19.3 Å². The molecule has 2 N–H and O–H groups in total. The Kier molecular flexibility index (Phi) is 4.40. The molecule has 1 aliphatic heterocycles. The van der Waals surface area contributed by atoms with E-state index in [-0.39, 0.29) is 12.1 Å². The fourth-order valence-electron chi connectivity index (χ4n) is 2.15. The van der Waals surface area contributed by atoms with E-state index in [2.05, 4.69) is 13.0 Å². The second kappa shape index (κ2) is 6.03. The van der Waals surface area contributed by atoms with Crippen molar-refractivity contribution in [1.29, 1.82) is 0 Å². The molecule has 0 radical (unpaired) electrons. The third kappa shape index (κ3) is 3.20. The van der Waals surface area contributed by atoms with Gasteiger partial charge in [0.15, 0.2) is 0 Å². The fraction of sp³-hybridized carbons (Fsp3) is 0.571. The minimum Gasteiger partial charge on any atom is -0.494 e. The highest BCUT2D eigenvalue weighted by molar-refractivity contribution is 5.30. The molecular formula is C14H21NO2. The fourth-order valence-corrected chi connectivity index (χ4v) is 2.15. The van der Waals surface area contributed by atoms with Gasteiger partial charge < -0.3 is 15.2 Å². The molecule has 0 saturated carbocycles. The van der Waals surface area contributed by atoms with Gasteiger partial charge in [-0.05, 0) is 37.0 Å². The number of rotatable bonds is 4. The summed E-state index contributed by atoms with van der Waals surface area (Å²) in [6.07, 6.45) is 3.13. The largest absolute Gasteiger partial charge is 0.494 e. The Bertz CT molecular complexity index is 354. The lowest BCUT2D eigenvalue weighted by molar-refractivity contribution is 0.0000213. The van der Waals surface area contributed by atoms with Gasteiger partial charge in [0, 0.05) is 12.6 Å². The molecule has 17 heavy (non-hydrogen) atoms. The third-order valence-electron chi connectivity index (χ3n) is 3.03. The van der Waals surface area contributed by atoms with Gasteiger partial charge >= 0.3 is 0 Å². The summed E-state index contributed by atoms with van der Waals surface area (Å²) in [7, 11) is 0. The average molecular weight is 235 g/mol. The van der Waals surface area contributed by atoms with Crippen LogP contribution in [0.5, 0.6) is 5.75 Å². The molecular weight excluding hydrogens is 214 g/mol. The lowest BCUT2D eigenvalue weighted by Gasteiger charge is -2.29. The first-order chi connectivity index (χ1) is 8.31. The van der Waals surface area contributed by atoms with Crippen LogP contribution in [0.4, 0.5) is 0 Å². The van der Waals surface area contributed by atoms with E-state index in [0.717, 1.165) is 43.8 Å². The number of nitrogens with two attached hydrogens (primary N) is 1. The van der Waals surface area contributed by atoms with Crippen molar-refractivity contribution in [1.82, 2.24) is 0 Å². The van der Waals surface area contributed by atoms with Crippen LogP contribution < -0.4 is 10.5 Å². The second-order valence-corrected chi connectivity index (χ2v) is 4.52. The molecule has 0 spiro atoms. The van der Waals surface area contributed by atoms with Crippen molar-refractivity contribution in [3.8, 4) is 5.75 Å². The highest BCUT2D eigenvalue weighted by atomic mass is 16.5. The van der Waals surface area contributed by atoms with Gasteiger partial charge in [0.25, 0.3) is 0 Å². The normalized spacial score (nSPS) is 24.6. The Morgan fingerprint density at radius 1 is 1.47 bits per heavy atom. The first kappa shape index (κ1) is 12.4. The monoisotopic (exact) mass is 235 g/mol. The summed E-state index contributed by atoms with van der Waals surface area (Å²) in [6.45, 7) is 3.66. The minimum absolute atomic E-state index is 0.0222. The van der Waals surface area contributed by atoms with Gasteiger partial charge in [-0.3, -0.25) is 0 Å². The maximum absolute atomic E-state index is 6.10. The molecule has 1 aliphatic rings.